The summed E-state index contributed by atoms with van der Waals surface area (Å²) in [5, 5.41) is 3.88. The maximum atomic E-state index is 12.6. The number of nitrogens with one attached hydrogen (secondary N) is 1. The highest BCUT2D eigenvalue weighted by Crippen LogP contribution is 2.17. The first kappa shape index (κ1) is 20.1. The second kappa shape index (κ2) is 8.43. The lowest BCUT2D eigenvalue weighted by molar-refractivity contribution is 0.0784. The Labute approximate surface area is 153 Å². The molecule has 1 N–H and O–H groups in total. The molecule has 2 rings (SSSR count). The van der Waals surface area contributed by atoms with E-state index in [0.29, 0.717) is 17.9 Å². The molecular formula is C17H23N3O5S. The van der Waals surface area contributed by atoms with Crippen molar-refractivity contribution in [3.8, 4) is 0 Å². The van der Waals surface area contributed by atoms with Crippen LogP contribution < -0.4 is 4.72 Å². The van der Waals surface area contributed by atoms with Crippen LogP contribution in [-0.2, 0) is 21.3 Å². The van der Waals surface area contributed by atoms with Crippen LogP contribution >= 0.6 is 0 Å². The van der Waals surface area contributed by atoms with Crippen LogP contribution in [0.25, 0.3) is 0 Å². The molecule has 0 saturated carbocycles. The third kappa shape index (κ3) is 4.69. The van der Waals surface area contributed by atoms with Crippen LogP contribution in [0.4, 0.5) is 0 Å². The minimum absolute atomic E-state index is 0.0959. The lowest BCUT2D eigenvalue weighted by atomic mass is 10.1. The minimum atomic E-state index is -3.62. The molecule has 0 bridgehead atoms. The van der Waals surface area contributed by atoms with Crippen molar-refractivity contribution in [3.05, 3.63) is 46.8 Å². The van der Waals surface area contributed by atoms with E-state index in [1.54, 1.807) is 14.0 Å². The van der Waals surface area contributed by atoms with Crippen LogP contribution in [0.5, 0.6) is 0 Å². The first-order valence-corrected chi connectivity index (χ1v) is 9.50. The zero-order chi connectivity index (χ0) is 19.3. The molecule has 1 heterocycles. The molecule has 142 valence electrons. The Kier molecular flexibility index (Phi) is 6.52. The molecule has 0 fully saturated rings. The highest BCUT2D eigenvalue weighted by molar-refractivity contribution is 7.89. The van der Waals surface area contributed by atoms with Gasteiger partial charge in [-0.15, -0.1) is 0 Å². The van der Waals surface area contributed by atoms with Crippen molar-refractivity contribution in [3.63, 3.8) is 0 Å². The maximum absolute atomic E-state index is 12.6. The van der Waals surface area contributed by atoms with Crippen molar-refractivity contribution in [2.75, 3.05) is 27.3 Å². The van der Waals surface area contributed by atoms with Gasteiger partial charge in [0.25, 0.3) is 5.91 Å². The van der Waals surface area contributed by atoms with Gasteiger partial charge in [0.2, 0.25) is 10.0 Å². The number of carbonyl (C=O) groups is 1. The zero-order valence-corrected chi connectivity index (χ0v) is 16.1. The van der Waals surface area contributed by atoms with Gasteiger partial charge in [-0.05, 0) is 38.1 Å². The Bertz CT molecular complexity index is 840. The molecule has 0 spiro atoms. The van der Waals surface area contributed by atoms with Crippen LogP contribution in [0.1, 0.15) is 27.4 Å². The van der Waals surface area contributed by atoms with Gasteiger partial charge in [0.1, 0.15) is 5.76 Å². The molecule has 0 aliphatic rings. The number of sulfonamides is 1. The summed E-state index contributed by atoms with van der Waals surface area (Å²) >= 11 is 0. The van der Waals surface area contributed by atoms with E-state index < -0.39 is 10.0 Å². The zero-order valence-electron chi connectivity index (χ0n) is 15.3. The number of benzene rings is 1. The number of aryl methyl sites for hydroxylation is 2. The fraction of sp³-hybridized carbons (Fsp3) is 0.412. The summed E-state index contributed by atoms with van der Waals surface area (Å²) in [6, 6.07) is 5.81. The number of ether oxygens (including phenoxy) is 1. The van der Waals surface area contributed by atoms with E-state index in [0.717, 1.165) is 11.3 Å². The van der Waals surface area contributed by atoms with Crippen molar-refractivity contribution in [2.45, 2.75) is 25.3 Å². The summed E-state index contributed by atoms with van der Waals surface area (Å²) in [6.45, 7) is 4.44. The number of hydrogen-bond acceptors (Lipinski definition) is 6. The first-order valence-electron chi connectivity index (χ1n) is 8.02. The van der Waals surface area contributed by atoms with Gasteiger partial charge < -0.3 is 14.2 Å². The fourth-order valence-corrected chi connectivity index (χ4v) is 3.41. The standard InChI is InChI=1S/C17H23N3O5S/c1-12-16(13(2)25-19-12)11-20(3)17(21)14-5-7-15(8-6-14)26(22,23)18-9-10-24-4/h5-8,18H,9-11H2,1-4H3. The number of rotatable bonds is 8. The molecule has 9 heteroatoms. The van der Waals surface area contributed by atoms with Crippen LogP contribution in [0, 0.1) is 13.8 Å². The first-order chi connectivity index (χ1) is 12.3. The van der Waals surface area contributed by atoms with E-state index in [-0.39, 0.29) is 24.0 Å². The second-order valence-electron chi connectivity index (χ2n) is 5.88. The molecule has 0 aliphatic heterocycles. The average molecular weight is 381 g/mol. The lowest BCUT2D eigenvalue weighted by Crippen LogP contribution is -2.28. The summed E-state index contributed by atoms with van der Waals surface area (Å²) in [5.74, 6) is 0.451. The smallest absolute Gasteiger partial charge is 0.253 e. The van der Waals surface area contributed by atoms with E-state index >= 15 is 0 Å². The predicted molar refractivity (Wildman–Crippen MR) is 95.3 cm³/mol. The number of methoxy groups -OCH3 is 1. The van der Waals surface area contributed by atoms with Gasteiger partial charge >= 0.3 is 0 Å². The highest BCUT2D eigenvalue weighted by Gasteiger charge is 2.18. The average Bonchev–Trinajstić information content (AvgIpc) is 2.93. The molecule has 1 aromatic heterocycles. The van der Waals surface area contributed by atoms with Crippen LogP contribution in [0.2, 0.25) is 0 Å². The number of aromatic nitrogens is 1. The molecule has 8 nitrogen and oxygen atoms in total. The molecular weight excluding hydrogens is 358 g/mol. The van der Waals surface area contributed by atoms with Gasteiger partial charge in [-0.1, -0.05) is 5.16 Å². The Morgan fingerprint density at radius 2 is 1.92 bits per heavy atom. The number of amides is 1. The van der Waals surface area contributed by atoms with E-state index in [2.05, 4.69) is 9.88 Å². The molecule has 0 atom stereocenters. The quantitative estimate of drug-likeness (QED) is 0.695. The van der Waals surface area contributed by atoms with Gasteiger partial charge in [-0.3, -0.25) is 4.79 Å². The monoisotopic (exact) mass is 381 g/mol. The highest BCUT2D eigenvalue weighted by atomic mass is 32.2. The molecule has 1 amide bonds. The van der Waals surface area contributed by atoms with Crippen molar-refractivity contribution in [1.29, 1.82) is 0 Å². The molecule has 0 unspecified atom stereocenters. The maximum Gasteiger partial charge on any atom is 0.253 e. The minimum Gasteiger partial charge on any atom is -0.383 e. The Morgan fingerprint density at radius 1 is 1.27 bits per heavy atom. The number of carbonyl (C=O) groups excluding carboxylic acids is 1. The number of hydrogen-bond donors (Lipinski definition) is 1. The SMILES string of the molecule is COCCNS(=O)(=O)c1ccc(C(=O)N(C)Cc2c(C)noc2C)cc1. The summed E-state index contributed by atoms with van der Waals surface area (Å²) in [5.41, 5.74) is 2.00. The van der Waals surface area contributed by atoms with Crippen molar-refractivity contribution >= 4 is 15.9 Å². The summed E-state index contributed by atoms with van der Waals surface area (Å²) in [6.07, 6.45) is 0. The lowest BCUT2D eigenvalue weighted by Gasteiger charge is -2.17. The van der Waals surface area contributed by atoms with Gasteiger partial charge in [-0.2, -0.15) is 0 Å². The topological polar surface area (TPSA) is 102 Å². The van der Waals surface area contributed by atoms with Crippen molar-refractivity contribution in [1.82, 2.24) is 14.8 Å². The Hall–Kier alpha value is -2.23. The summed E-state index contributed by atoms with van der Waals surface area (Å²) in [4.78, 5) is 14.2. The Balaban J connectivity index is 2.08. The molecule has 26 heavy (non-hydrogen) atoms. The third-order valence-electron chi connectivity index (χ3n) is 3.93. The molecule has 1 aromatic carbocycles. The van der Waals surface area contributed by atoms with Gasteiger partial charge in [-0.25, -0.2) is 13.1 Å². The fourth-order valence-electron chi connectivity index (χ4n) is 2.40. The van der Waals surface area contributed by atoms with E-state index in [1.807, 2.05) is 6.92 Å². The van der Waals surface area contributed by atoms with E-state index in [1.165, 1.54) is 36.3 Å². The predicted octanol–water partition coefficient (Wildman–Crippen LogP) is 1.49. The van der Waals surface area contributed by atoms with Gasteiger partial charge in [0.15, 0.2) is 0 Å². The van der Waals surface area contributed by atoms with Gasteiger partial charge in [0, 0.05) is 31.8 Å². The molecule has 0 aliphatic carbocycles. The summed E-state index contributed by atoms with van der Waals surface area (Å²) in [7, 11) is -0.457. The van der Waals surface area contributed by atoms with Crippen LogP contribution in [-0.4, -0.2) is 51.7 Å². The Morgan fingerprint density at radius 3 is 2.46 bits per heavy atom. The number of nitrogens with zero attached hydrogens (tertiary/aromatic N) is 2. The molecule has 2 aromatic rings. The van der Waals surface area contributed by atoms with E-state index in [9.17, 15) is 13.2 Å². The molecule has 0 saturated heterocycles. The van der Waals surface area contributed by atoms with Crippen molar-refractivity contribution in [2.24, 2.45) is 0 Å². The van der Waals surface area contributed by atoms with E-state index in [4.69, 9.17) is 9.26 Å². The largest absolute Gasteiger partial charge is 0.383 e. The van der Waals surface area contributed by atoms with Crippen LogP contribution in [0.15, 0.2) is 33.7 Å². The van der Waals surface area contributed by atoms with Crippen LogP contribution in [0.3, 0.4) is 0 Å². The molecule has 0 radical (unpaired) electrons. The van der Waals surface area contributed by atoms with Gasteiger partial charge in [0.05, 0.1) is 23.7 Å². The normalized spacial score (nSPS) is 11.5. The second-order valence-corrected chi connectivity index (χ2v) is 7.65. The van der Waals surface area contributed by atoms with Crippen molar-refractivity contribution < 1.29 is 22.5 Å². The third-order valence-corrected chi connectivity index (χ3v) is 5.41. The summed E-state index contributed by atoms with van der Waals surface area (Å²) < 4.78 is 36.6.